The minimum atomic E-state index is -0.484. The molecule has 0 aromatic heterocycles. The molecule has 0 radical (unpaired) electrons. The van der Waals surface area contributed by atoms with Crippen LogP contribution in [0.25, 0.3) is 0 Å². The number of rotatable bonds is 0. The van der Waals surface area contributed by atoms with Crippen LogP contribution in [0.3, 0.4) is 0 Å². The maximum absolute atomic E-state index is 11.8. The van der Waals surface area contributed by atoms with Gasteiger partial charge in [0, 0.05) is 6.42 Å². The van der Waals surface area contributed by atoms with Crippen molar-refractivity contribution in [3.8, 4) is 0 Å². The Balaban J connectivity index is 1.70. The lowest BCUT2D eigenvalue weighted by Gasteiger charge is -2.58. The third kappa shape index (κ3) is 1.74. The van der Waals surface area contributed by atoms with Gasteiger partial charge in [-0.3, -0.25) is 4.79 Å². The number of carbonyl (C=O) groups is 1. The van der Waals surface area contributed by atoms with Crippen molar-refractivity contribution in [2.45, 2.75) is 77.7 Å². The Morgan fingerprint density at radius 1 is 1.00 bits per heavy atom. The van der Waals surface area contributed by atoms with Crippen molar-refractivity contribution in [1.29, 1.82) is 0 Å². The van der Waals surface area contributed by atoms with Crippen molar-refractivity contribution in [1.82, 2.24) is 0 Å². The van der Waals surface area contributed by atoms with Crippen LogP contribution in [0.4, 0.5) is 0 Å². The van der Waals surface area contributed by atoms with Crippen molar-refractivity contribution in [3.05, 3.63) is 11.6 Å². The van der Waals surface area contributed by atoms with Gasteiger partial charge in [0.2, 0.25) is 0 Å². The average molecular weight is 302 g/mol. The van der Waals surface area contributed by atoms with E-state index >= 15 is 0 Å². The number of fused-ring (bicyclic) bond motifs is 5. The topological polar surface area (TPSA) is 37.3 Å². The molecule has 4 aliphatic rings. The van der Waals surface area contributed by atoms with Crippen LogP contribution in [-0.2, 0) is 4.79 Å². The van der Waals surface area contributed by atoms with Gasteiger partial charge >= 0.3 is 0 Å². The van der Waals surface area contributed by atoms with Crippen molar-refractivity contribution in [2.24, 2.45) is 28.6 Å². The maximum atomic E-state index is 11.8. The number of hydrogen-bond acceptors (Lipinski definition) is 2. The third-order valence-corrected chi connectivity index (χ3v) is 8.52. The van der Waals surface area contributed by atoms with E-state index in [1.165, 1.54) is 24.8 Å². The van der Waals surface area contributed by atoms with Gasteiger partial charge in [0.15, 0.2) is 5.78 Å². The molecule has 0 unspecified atom stereocenters. The molecule has 3 fully saturated rings. The summed E-state index contributed by atoms with van der Waals surface area (Å²) >= 11 is 0. The molecule has 22 heavy (non-hydrogen) atoms. The molecule has 0 saturated heterocycles. The van der Waals surface area contributed by atoms with Crippen LogP contribution in [-0.4, -0.2) is 16.5 Å². The smallest absolute Gasteiger partial charge is 0.155 e. The summed E-state index contributed by atoms with van der Waals surface area (Å²) in [4.78, 5) is 11.8. The van der Waals surface area contributed by atoms with E-state index in [9.17, 15) is 9.90 Å². The summed E-state index contributed by atoms with van der Waals surface area (Å²) in [7, 11) is 0. The average Bonchev–Trinajstić information content (AvgIpc) is 2.70. The first-order chi connectivity index (χ1) is 10.3. The number of allylic oxidation sites excluding steroid dienone is 1. The van der Waals surface area contributed by atoms with E-state index in [0.717, 1.165) is 43.9 Å². The van der Waals surface area contributed by atoms with Crippen molar-refractivity contribution >= 4 is 5.78 Å². The van der Waals surface area contributed by atoms with Gasteiger partial charge in [0.25, 0.3) is 0 Å². The predicted molar refractivity (Wildman–Crippen MR) is 87.3 cm³/mol. The van der Waals surface area contributed by atoms with Gasteiger partial charge in [-0.1, -0.05) is 19.4 Å². The Morgan fingerprint density at radius 3 is 2.50 bits per heavy atom. The van der Waals surface area contributed by atoms with E-state index in [1.54, 1.807) is 0 Å². The molecular formula is C20H30O2. The Kier molecular flexibility index (Phi) is 3.03. The van der Waals surface area contributed by atoms with Crippen LogP contribution >= 0.6 is 0 Å². The second-order valence-corrected chi connectivity index (χ2v) is 9.24. The van der Waals surface area contributed by atoms with Crippen LogP contribution in [0, 0.1) is 28.6 Å². The molecule has 4 aliphatic carbocycles. The molecule has 0 bridgehead atoms. The standard InChI is InChI=1S/C20H30O2/c1-18-9-6-14(21)12-13(18)4-5-15-16(18)7-10-19(2)17(15)8-11-20(19,3)22/h12,15-17,22H,4-11H2,1-3H3/t15-,16+,17+,18+,19+,20+/m0/s1. The quantitative estimate of drug-likeness (QED) is 0.725. The van der Waals surface area contributed by atoms with Crippen molar-refractivity contribution in [2.75, 3.05) is 0 Å². The summed E-state index contributed by atoms with van der Waals surface area (Å²) < 4.78 is 0. The van der Waals surface area contributed by atoms with Crippen LogP contribution in [0.1, 0.15) is 72.1 Å². The van der Waals surface area contributed by atoms with Crippen LogP contribution in [0.15, 0.2) is 11.6 Å². The van der Waals surface area contributed by atoms with E-state index in [0.29, 0.717) is 11.7 Å². The fourth-order valence-electron chi connectivity index (χ4n) is 6.80. The second kappa shape index (κ2) is 4.47. The first-order valence-electron chi connectivity index (χ1n) is 9.24. The van der Waals surface area contributed by atoms with Crippen molar-refractivity contribution < 1.29 is 9.90 Å². The fourth-order valence-corrected chi connectivity index (χ4v) is 6.80. The lowest BCUT2D eigenvalue weighted by molar-refractivity contribution is -0.124. The Labute approximate surface area is 134 Å². The molecule has 0 aliphatic heterocycles. The van der Waals surface area contributed by atoms with Crippen LogP contribution in [0.2, 0.25) is 0 Å². The zero-order valence-electron chi connectivity index (χ0n) is 14.3. The highest BCUT2D eigenvalue weighted by Crippen LogP contribution is 2.67. The van der Waals surface area contributed by atoms with Crippen molar-refractivity contribution in [3.63, 3.8) is 0 Å². The van der Waals surface area contributed by atoms with Crippen LogP contribution < -0.4 is 0 Å². The Bertz CT molecular complexity index is 546. The molecule has 122 valence electrons. The van der Waals surface area contributed by atoms with Gasteiger partial charge in [-0.25, -0.2) is 0 Å². The number of carbonyl (C=O) groups excluding carboxylic acids is 1. The lowest BCUT2D eigenvalue weighted by Crippen LogP contribution is -2.53. The van der Waals surface area contributed by atoms with E-state index in [1.807, 2.05) is 6.08 Å². The molecule has 4 rings (SSSR count). The van der Waals surface area contributed by atoms with E-state index in [2.05, 4.69) is 20.8 Å². The summed E-state index contributed by atoms with van der Waals surface area (Å²) in [5, 5.41) is 10.9. The maximum Gasteiger partial charge on any atom is 0.155 e. The molecule has 6 atom stereocenters. The first kappa shape index (κ1) is 14.9. The lowest BCUT2D eigenvalue weighted by atomic mass is 9.46. The SMILES string of the molecule is C[C@@]12CCC(=O)C=C1CC[C@H]1[C@H]2CC[C@]2(C)[C@@H]1CC[C@@]2(C)O. The predicted octanol–water partition coefficient (Wildman–Crippen LogP) is 4.27. The Hall–Kier alpha value is -0.630. The largest absolute Gasteiger partial charge is 0.390 e. The highest BCUT2D eigenvalue weighted by atomic mass is 16.3. The highest BCUT2D eigenvalue weighted by Gasteiger charge is 2.62. The van der Waals surface area contributed by atoms with E-state index in [4.69, 9.17) is 0 Å². The number of hydrogen-bond donors (Lipinski definition) is 1. The van der Waals surface area contributed by atoms with Gasteiger partial charge in [-0.2, -0.15) is 0 Å². The minimum absolute atomic E-state index is 0.107. The highest BCUT2D eigenvalue weighted by molar-refractivity contribution is 5.91. The fraction of sp³-hybridized carbons (Fsp3) is 0.850. The number of ketones is 1. The van der Waals surface area contributed by atoms with E-state index < -0.39 is 5.60 Å². The molecule has 0 heterocycles. The summed E-state index contributed by atoms with van der Waals surface area (Å²) in [5.74, 6) is 2.50. The minimum Gasteiger partial charge on any atom is -0.390 e. The van der Waals surface area contributed by atoms with Gasteiger partial charge in [0.05, 0.1) is 5.60 Å². The normalized spacial score (nSPS) is 54.3. The molecule has 2 heteroatoms. The zero-order chi connectivity index (χ0) is 15.8. The summed E-state index contributed by atoms with van der Waals surface area (Å²) in [6, 6.07) is 0. The third-order valence-electron chi connectivity index (χ3n) is 8.52. The molecule has 2 nitrogen and oxygen atoms in total. The molecular weight excluding hydrogens is 272 g/mol. The van der Waals surface area contributed by atoms with Gasteiger partial charge in [-0.05, 0) is 86.5 Å². The number of aliphatic hydroxyl groups is 1. The van der Waals surface area contributed by atoms with Gasteiger partial charge < -0.3 is 5.11 Å². The second-order valence-electron chi connectivity index (χ2n) is 9.24. The summed E-state index contributed by atoms with van der Waals surface area (Å²) in [6.07, 6.45) is 10.7. The van der Waals surface area contributed by atoms with Gasteiger partial charge in [0.1, 0.15) is 0 Å². The molecule has 0 aromatic carbocycles. The molecule has 1 N–H and O–H groups in total. The molecule has 0 aromatic rings. The molecule has 0 amide bonds. The van der Waals surface area contributed by atoms with E-state index in [-0.39, 0.29) is 10.8 Å². The van der Waals surface area contributed by atoms with Gasteiger partial charge in [-0.15, -0.1) is 0 Å². The zero-order valence-corrected chi connectivity index (χ0v) is 14.3. The monoisotopic (exact) mass is 302 g/mol. The first-order valence-corrected chi connectivity index (χ1v) is 9.24. The molecule has 3 saturated carbocycles. The van der Waals surface area contributed by atoms with Crippen LogP contribution in [0.5, 0.6) is 0 Å². The summed E-state index contributed by atoms with van der Waals surface area (Å²) in [5.41, 5.74) is 1.32. The summed E-state index contributed by atoms with van der Waals surface area (Å²) in [6.45, 7) is 6.85. The molecule has 0 spiro atoms. The Morgan fingerprint density at radius 2 is 1.73 bits per heavy atom.